The van der Waals surface area contributed by atoms with Gasteiger partial charge in [-0.05, 0) is 74.9 Å². The van der Waals surface area contributed by atoms with Gasteiger partial charge in [0.15, 0.2) is 8.32 Å². The minimum absolute atomic E-state index is 0.149. The quantitative estimate of drug-likeness (QED) is 0.291. The molecule has 0 saturated heterocycles. The lowest BCUT2D eigenvalue weighted by Crippen LogP contribution is -2.52. The minimum Gasteiger partial charge on any atom is -0.414 e. The molecule has 0 radical (unpaired) electrons. The van der Waals surface area contributed by atoms with Gasteiger partial charge in [-0.15, -0.1) is 0 Å². The predicted molar refractivity (Wildman–Crippen MR) is 132 cm³/mol. The van der Waals surface area contributed by atoms with Crippen molar-refractivity contribution in [1.29, 1.82) is 0 Å². The largest absolute Gasteiger partial charge is 0.414 e. The van der Waals surface area contributed by atoms with E-state index in [0.29, 0.717) is 18.6 Å². The molecule has 5 heteroatoms. The van der Waals surface area contributed by atoms with E-state index in [1.54, 1.807) is 7.11 Å². The molecule has 0 heterocycles. The van der Waals surface area contributed by atoms with Crippen LogP contribution in [-0.4, -0.2) is 45.1 Å². The molecule has 0 amide bonds. The van der Waals surface area contributed by atoms with Gasteiger partial charge in [0.05, 0.1) is 17.8 Å². The summed E-state index contributed by atoms with van der Waals surface area (Å²) in [7, 11) is -0.179. The van der Waals surface area contributed by atoms with E-state index in [1.807, 2.05) is 0 Å². The molecule has 184 valence electrons. The van der Waals surface area contributed by atoms with E-state index in [9.17, 15) is 5.11 Å². The molecule has 0 spiro atoms. The highest BCUT2D eigenvalue weighted by Crippen LogP contribution is 2.59. The van der Waals surface area contributed by atoms with E-state index < -0.39 is 8.32 Å². The molecular weight excluding hydrogens is 404 g/mol. The smallest absolute Gasteiger partial charge is 0.192 e. The summed E-state index contributed by atoms with van der Waals surface area (Å²) in [4.78, 5) is 0. The van der Waals surface area contributed by atoms with Crippen molar-refractivity contribution in [2.75, 3.05) is 13.9 Å². The Bertz CT molecular complexity index is 570. The van der Waals surface area contributed by atoms with Crippen LogP contribution >= 0.6 is 0 Å². The first-order valence-electron chi connectivity index (χ1n) is 12.6. The Balaban J connectivity index is 2.05. The number of aliphatic hydroxyl groups excluding tert-OH is 1. The van der Waals surface area contributed by atoms with Crippen molar-refractivity contribution in [3.8, 4) is 0 Å². The fourth-order valence-corrected chi connectivity index (χ4v) is 7.54. The topological polar surface area (TPSA) is 47.9 Å². The number of hydrogen-bond acceptors (Lipinski definition) is 4. The summed E-state index contributed by atoms with van der Waals surface area (Å²) in [5, 5.41) is 11.4. The summed E-state index contributed by atoms with van der Waals surface area (Å²) in [5.41, 5.74) is 0.0382. The van der Waals surface area contributed by atoms with Gasteiger partial charge in [-0.2, -0.15) is 0 Å². The standard InChI is InChI=1S/C26H52O4Si/c1-19(13-11-15-25(5,6)29-18-28-8)20-17-21(27)23-22(14-12-16-26(20,23)7)30-31(9,10)24(2,3)4/h19-23,27H,11-18H2,1-10H3/t19-,20-,21+,22+,23+,26-/m1/s1. The lowest BCUT2D eigenvalue weighted by atomic mass is 9.61. The van der Waals surface area contributed by atoms with Crippen LogP contribution in [0.5, 0.6) is 0 Å². The van der Waals surface area contributed by atoms with Crippen molar-refractivity contribution in [3.63, 3.8) is 0 Å². The summed E-state index contributed by atoms with van der Waals surface area (Å²) in [6, 6.07) is 0. The maximum Gasteiger partial charge on any atom is 0.192 e. The molecule has 31 heavy (non-hydrogen) atoms. The molecule has 6 atom stereocenters. The lowest BCUT2D eigenvalue weighted by Gasteiger charge is -2.50. The van der Waals surface area contributed by atoms with E-state index in [0.717, 1.165) is 25.7 Å². The van der Waals surface area contributed by atoms with Crippen LogP contribution in [0.1, 0.15) is 93.4 Å². The van der Waals surface area contributed by atoms with E-state index in [1.165, 1.54) is 19.3 Å². The fraction of sp³-hybridized carbons (Fsp3) is 1.00. The Kier molecular flexibility index (Phi) is 8.92. The third-order valence-electron chi connectivity index (χ3n) is 9.07. The van der Waals surface area contributed by atoms with E-state index in [4.69, 9.17) is 13.9 Å². The summed E-state index contributed by atoms with van der Waals surface area (Å²) in [6.07, 6.45) is 7.85. The molecule has 0 aliphatic heterocycles. The van der Waals surface area contributed by atoms with Crippen molar-refractivity contribution < 1.29 is 19.0 Å². The molecule has 0 aromatic carbocycles. The molecule has 0 aromatic rings. The van der Waals surface area contributed by atoms with Gasteiger partial charge in [-0.3, -0.25) is 0 Å². The molecule has 0 aromatic heterocycles. The van der Waals surface area contributed by atoms with Gasteiger partial charge in [0.25, 0.3) is 0 Å². The van der Waals surface area contributed by atoms with Gasteiger partial charge in [0, 0.05) is 13.0 Å². The van der Waals surface area contributed by atoms with Crippen molar-refractivity contribution in [2.45, 2.75) is 129 Å². The molecule has 2 saturated carbocycles. The highest BCUT2D eigenvalue weighted by Gasteiger charge is 2.58. The van der Waals surface area contributed by atoms with Crippen LogP contribution < -0.4 is 0 Å². The number of hydrogen-bond donors (Lipinski definition) is 1. The maximum absolute atomic E-state index is 11.2. The Morgan fingerprint density at radius 1 is 1.16 bits per heavy atom. The van der Waals surface area contributed by atoms with Crippen molar-refractivity contribution >= 4 is 8.32 Å². The van der Waals surface area contributed by atoms with Crippen LogP contribution in [0, 0.1) is 23.2 Å². The molecular formula is C26H52O4Si. The summed E-state index contributed by atoms with van der Waals surface area (Å²) >= 11 is 0. The number of methoxy groups -OCH3 is 1. The number of ether oxygens (including phenoxy) is 2. The number of aliphatic hydroxyl groups is 1. The normalized spacial score (nSPS) is 33.4. The van der Waals surface area contributed by atoms with Crippen molar-refractivity contribution in [1.82, 2.24) is 0 Å². The average Bonchev–Trinajstić information content (AvgIpc) is 2.90. The van der Waals surface area contributed by atoms with Gasteiger partial charge < -0.3 is 19.0 Å². The van der Waals surface area contributed by atoms with Crippen LogP contribution in [0.2, 0.25) is 18.1 Å². The third-order valence-corrected chi connectivity index (χ3v) is 13.6. The zero-order valence-corrected chi connectivity index (χ0v) is 23.2. The lowest BCUT2D eigenvalue weighted by molar-refractivity contribution is -0.118. The molecule has 2 aliphatic carbocycles. The van der Waals surface area contributed by atoms with E-state index >= 15 is 0 Å². The van der Waals surface area contributed by atoms with Gasteiger partial charge in [0.2, 0.25) is 0 Å². The Labute approximate surface area is 193 Å². The van der Waals surface area contributed by atoms with E-state index in [-0.39, 0.29) is 34.2 Å². The van der Waals surface area contributed by atoms with Gasteiger partial charge >= 0.3 is 0 Å². The second-order valence-corrected chi connectivity index (χ2v) is 17.7. The summed E-state index contributed by atoms with van der Waals surface area (Å²) in [5.74, 6) is 1.46. The number of rotatable bonds is 10. The molecule has 4 nitrogen and oxygen atoms in total. The average molecular weight is 457 g/mol. The van der Waals surface area contributed by atoms with Gasteiger partial charge in [-0.1, -0.05) is 53.9 Å². The minimum atomic E-state index is -1.85. The zero-order valence-electron chi connectivity index (χ0n) is 22.2. The van der Waals surface area contributed by atoms with Gasteiger partial charge in [0.1, 0.15) is 6.79 Å². The first-order chi connectivity index (χ1) is 14.1. The van der Waals surface area contributed by atoms with Crippen LogP contribution in [0.15, 0.2) is 0 Å². The summed E-state index contributed by atoms with van der Waals surface area (Å²) < 4.78 is 17.8. The number of fused-ring (bicyclic) bond motifs is 1. The Hall–Kier alpha value is 0.0569. The molecule has 1 N–H and O–H groups in total. The second-order valence-electron chi connectivity index (χ2n) is 12.9. The van der Waals surface area contributed by atoms with Crippen molar-refractivity contribution in [2.24, 2.45) is 23.2 Å². The maximum atomic E-state index is 11.2. The zero-order chi connectivity index (χ0) is 23.7. The first-order valence-corrected chi connectivity index (χ1v) is 15.5. The van der Waals surface area contributed by atoms with Crippen LogP contribution in [0.4, 0.5) is 0 Å². The van der Waals surface area contributed by atoms with Crippen LogP contribution in [-0.2, 0) is 13.9 Å². The molecule has 0 bridgehead atoms. The highest BCUT2D eigenvalue weighted by molar-refractivity contribution is 6.74. The second kappa shape index (κ2) is 10.1. The third kappa shape index (κ3) is 6.35. The molecule has 0 unspecified atom stereocenters. The van der Waals surface area contributed by atoms with Crippen LogP contribution in [0.3, 0.4) is 0 Å². The molecule has 2 fully saturated rings. The molecule has 2 rings (SSSR count). The Morgan fingerprint density at radius 2 is 1.81 bits per heavy atom. The highest BCUT2D eigenvalue weighted by atomic mass is 28.4. The molecule has 2 aliphatic rings. The fourth-order valence-electron chi connectivity index (χ4n) is 6.16. The predicted octanol–water partition coefficient (Wildman–Crippen LogP) is 6.77. The van der Waals surface area contributed by atoms with Gasteiger partial charge in [-0.25, -0.2) is 0 Å². The van der Waals surface area contributed by atoms with Crippen molar-refractivity contribution in [3.05, 3.63) is 0 Å². The van der Waals surface area contributed by atoms with Crippen LogP contribution in [0.25, 0.3) is 0 Å². The SMILES string of the molecule is COCOC(C)(C)CCC[C@@H](C)[C@H]1C[C@H](O)[C@H]2[C@@H](O[Si](C)(C)C(C)(C)C)CCC[C@@]21C. The summed E-state index contributed by atoms with van der Waals surface area (Å²) in [6.45, 7) is 21.2. The Morgan fingerprint density at radius 3 is 2.39 bits per heavy atom. The van der Waals surface area contributed by atoms with E-state index in [2.05, 4.69) is 61.6 Å². The monoisotopic (exact) mass is 456 g/mol. The first kappa shape index (κ1) is 27.3.